The van der Waals surface area contributed by atoms with E-state index < -0.39 is 12.6 Å². The number of piperidine rings is 2. The van der Waals surface area contributed by atoms with E-state index in [1.807, 2.05) is 32.0 Å². The molecule has 3 aliphatic rings. The molecule has 2 fully saturated rings. The van der Waals surface area contributed by atoms with E-state index in [9.17, 15) is 5.11 Å². The quantitative estimate of drug-likeness (QED) is 0.834. The summed E-state index contributed by atoms with van der Waals surface area (Å²) < 4.78 is 26.9. The molecule has 140 valence electrons. The summed E-state index contributed by atoms with van der Waals surface area (Å²) in [4.78, 5) is 7.36. The van der Waals surface area contributed by atoms with Crippen molar-refractivity contribution < 1.29 is 14.0 Å². The molecule has 4 atom stereocenters. The third-order valence-electron chi connectivity index (χ3n) is 6.72. The Morgan fingerprint density at radius 1 is 1.54 bits per heavy atom. The highest BCUT2D eigenvalue weighted by Gasteiger charge is 2.52. The van der Waals surface area contributed by atoms with Gasteiger partial charge in [0.15, 0.2) is 0 Å². The van der Waals surface area contributed by atoms with Crippen LogP contribution in [0.15, 0.2) is 35.0 Å². The van der Waals surface area contributed by atoms with Gasteiger partial charge in [0.05, 0.1) is 34.9 Å². The largest absolute Gasteiger partial charge is 0.504 e. The first kappa shape index (κ1) is 14.4. The van der Waals surface area contributed by atoms with E-state index in [-0.39, 0.29) is 12.0 Å². The lowest BCUT2D eigenvalue weighted by molar-refractivity contribution is 0.0184. The number of ether oxygens (including phenoxy) is 1. The van der Waals surface area contributed by atoms with Crippen molar-refractivity contribution in [2.45, 2.75) is 51.7 Å². The topological polar surface area (TPSA) is 45.1 Å². The second-order valence-corrected chi connectivity index (χ2v) is 8.08. The van der Waals surface area contributed by atoms with Gasteiger partial charge in [0.1, 0.15) is 5.60 Å². The van der Waals surface area contributed by atoms with Crippen molar-refractivity contribution in [3.05, 3.63) is 41.2 Å². The van der Waals surface area contributed by atoms with E-state index in [1.165, 1.54) is 6.26 Å². The van der Waals surface area contributed by atoms with Gasteiger partial charge in [-0.25, -0.2) is 0 Å². The van der Waals surface area contributed by atoms with Crippen LogP contribution in [0.4, 0.5) is 5.69 Å². The number of fused-ring (bicyclic) bond motifs is 5. The standard InChI is InChI=1S/C22H30N2O2/c1-5-16-12-24-10-9-22(25)20-14(2)7-6-8-18(20)23-21(22)19(24)11-17(16)15(3)13-26-4/h6-8,13,16-17,19,25H,5,9-12H2,1-4H3/b15-13-/t16-,17-,19+,22+/m1/s1/i4D3. The van der Waals surface area contributed by atoms with E-state index in [2.05, 4.69) is 11.8 Å². The lowest BCUT2D eigenvalue weighted by Crippen LogP contribution is -2.60. The van der Waals surface area contributed by atoms with Gasteiger partial charge in [-0.15, -0.1) is 0 Å². The Bertz CT molecular complexity index is 864. The molecular formula is C22H30N2O2. The van der Waals surface area contributed by atoms with Gasteiger partial charge in [0, 0.05) is 18.7 Å². The highest BCUT2D eigenvalue weighted by molar-refractivity contribution is 6.04. The molecule has 0 radical (unpaired) electrons. The molecule has 0 spiro atoms. The number of aliphatic imine (C=N–C) groups is 1. The minimum Gasteiger partial charge on any atom is -0.504 e. The average molecular weight is 358 g/mol. The van der Waals surface area contributed by atoms with Gasteiger partial charge < -0.3 is 9.84 Å². The number of nitrogens with zero attached hydrogens (tertiary/aromatic N) is 2. The minimum absolute atomic E-state index is 0.0597. The molecule has 1 N–H and O–H groups in total. The molecule has 2 saturated heterocycles. The molecule has 0 bridgehead atoms. The summed E-state index contributed by atoms with van der Waals surface area (Å²) in [6, 6.07) is 6.08. The summed E-state index contributed by atoms with van der Waals surface area (Å²) in [7, 11) is -2.43. The van der Waals surface area contributed by atoms with Gasteiger partial charge in [-0.05, 0) is 55.7 Å². The van der Waals surface area contributed by atoms with Gasteiger partial charge in [0.2, 0.25) is 0 Å². The first-order valence-corrected chi connectivity index (χ1v) is 9.64. The van der Waals surface area contributed by atoms with Crippen LogP contribution in [0.5, 0.6) is 0 Å². The zero-order chi connectivity index (χ0) is 21.0. The number of allylic oxidation sites excluding steroid dienone is 1. The summed E-state index contributed by atoms with van der Waals surface area (Å²) in [5, 5.41) is 11.7. The van der Waals surface area contributed by atoms with Crippen molar-refractivity contribution >= 4 is 11.4 Å². The number of benzene rings is 1. The maximum Gasteiger partial charge on any atom is 0.133 e. The van der Waals surface area contributed by atoms with Crippen LogP contribution < -0.4 is 0 Å². The molecule has 26 heavy (non-hydrogen) atoms. The monoisotopic (exact) mass is 357 g/mol. The molecule has 0 unspecified atom stereocenters. The van der Waals surface area contributed by atoms with Crippen molar-refractivity contribution in [1.29, 1.82) is 0 Å². The second-order valence-electron chi connectivity index (χ2n) is 8.08. The third-order valence-corrected chi connectivity index (χ3v) is 6.72. The highest BCUT2D eigenvalue weighted by atomic mass is 16.5. The van der Waals surface area contributed by atoms with E-state index in [1.54, 1.807) is 0 Å². The van der Waals surface area contributed by atoms with Gasteiger partial charge >= 0.3 is 0 Å². The predicted octanol–water partition coefficient (Wildman–Crippen LogP) is 3.94. The maximum absolute atomic E-state index is 11.7. The molecule has 4 heteroatoms. The number of aryl methyl sites for hydroxylation is 1. The average Bonchev–Trinajstić information content (AvgIpc) is 2.98. The van der Waals surface area contributed by atoms with Crippen molar-refractivity contribution in [2.75, 3.05) is 20.1 Å². The SMILES string of the molecule is [2H]C([2H])([2H])O/C=C(/C)[C@H]1C[C@H]2C3=Nc4cccc(C)c4[C@@]3(O)CCN2C[C@H]1CC. The first-order chi connectivity index (χ1) is 13.6. The zero-order valence-electron chi connectivity index (χ0n) is 18.8. The number of hydrogen-bond acceptors (Lipinski definition) is 4. The van der Waals surface area contributed by atoms with E-state index >= 15 is 0 Å². The molecular weight excluding hydrogens is 324 g/mol. The Morgan fingerprint density at radius 2 is 2.38 bits per heavy atom. The Balaban J connectivity index is 1.65. The number of methoxy groups -OCH3 is 1. The van der Waals surface area contributed by atoms with Crippen molar-refractivity contribution in [3.63, 3.8) is 0 Å². The third kappa shape index (κ3) is 2.54. The molecule has 3 aliphatic heterocycles. The molecule has 0 aromatic heterocycles. The number of rotatable bonds is 3. The normalized spacial score (nSPS) is 36.2. The number of hydrogen-bond donors (Lipinski definition) is 1. The van der Waals surface area contributed by atoms with Crippen LogP contribution in [0.25, 0.3) is 0 Å². The lowest BCUT2D eigenvalue weighted by atomic mass is 9.70. The van der Waals surface area contributed by atoms with E-state index in [0.29, 0.717) is 12.3 Å². The molecule has 1 aromatic carbocycles. The van der Waals surface area contributed by atoms with Gasteiger partial charge in [-0.3, -0.25) is 9.89 Å². The van der Waals surface area contributed by atoms with Gasteiger partial charge in [-0.1, -0.05) is 25.5 Å². The van der Waals surface area contributed by atoms with Crippen LogP contribution in [0.3, 0.4) is 0 Å². The lowest BCUT2D eigenvalue weighted by Gasteiger charge is -2.50. The fourth-order valence-corrected chi connectivity index (χ4v) is 5.36. The second kappa shape index (κ2) is 6.50. The molecule has 0 saturated carbocycles. The van der Waals surface area contributed by atoms with Crippen LogP contribution >= 0.6 is 0 Å². The fraction of sp³-hybridized carbons (Fsp3) is 0.591. The van der Waals surface area contributed by atoms with Crippen molar-refractivity contribution in [3.8, 4) is 0 Å². The fourth-order valence-electron chi connectivity index (χ4n) is 5.36. The summed E-state index contributed by atoms with van der Waals surface area (Å²) in [5.41, 5.74) is 3.75. The maximum atomic E-state index is 11.7. The molecule has 4 nitrogen and oxygen atoms in total. The van der Waals surface area contributed by atoms with E-state index in [4.69, 9.17) is 13.8 Å². The van der Waals surface area contributed by atoms with Crippen LogP contribution in [0.2, 0.25) is 0 Å². The smallest absolute Gasteiger partial charge is 0.133 e. The van der Waals surface area contributed by atoms with Crippen molar-refractivity contribution in [2.24, 2.45) is 16.8 Å². The van der Waals surface area contributed by atoms with Crippen LogP contribution in [-0.4, -0.2) is 41.9 Å². The Morgan fingerprint density at radius 3 is 3.15 bits per heavy atom. The van der Waals surface area contributed by atoms with Crippen LogP contribution in [0, 0.1) is 18.8 Å². The van der Waals surface area contributed by atoms with Crippen molar-refractivity contribution in [1.82, 2.24) is 4.90 Å². The summed E-state index contributed by atoms with van der Waals surface area (Å²) in [5.74, 6) is 0.637. The van der Waals surface area contributed by atoms with Crippen LogP contribution in [0.1, 0.15) is 48.3 Å². The Kier molecular flexibility index (Phi) is 3.61. The minimum atomic E-state index is -2.43. The highest BCUT2D eigenvalue weighted by Crippen LogP contribution is 2.49. The van der Waals surface area contributed by atoms with Gasteiger partial charge in [0.25, 0.3) is 0 Å². The van der Waals surface area contributed by atoms with Gasteiger partial charge in [-0.2, -0.15) is 0 Å². The Labute approximate surface area is 160 Å². The summed E-state index contributed by atoms with van der Waals surface area (Å²) in [6.45, 7) is 7.94. The molecule has 4 rings (SSSR count). The molecule has 0 aliphatic carbocycles. The first-order valence-electron chi connectivity index (χ1n) is 11.1. The summed E-state index contributed by atoms with van der Waals surface area (Å²) in [6.07, 6.45) is 3.92. The zero-order valence-corrected chi connectivity index (χ0v) is 15.8. The Hall–Kier alpha value is -1.65. The molecule has 3 heterocycles. The number of aliphatic hydroxyl groups is 1. The predicted molar refractivity (Wildman–Crippen MR) is 105 cm³/mol. The molecule has 0 amide bonds. The van der Waals surface area contributed by atoms with Crippen LogP contribution in [-0.2, 0) is 10.3 Å². The molecule has 1 aromatic rings. The van der Waals surface area contributed by atoms with E-state index in [0.717, 1.165) is 54.0 Å². The summed E-state index contributed by atoms with van der Waals surface area (Å²) >= 11 is 0.